The molecule has 35 heavy (non-hydrogen) atoms. The fourth-order valence-electron chi connectivity index (χ4n) is 4.01. The number of carboxylic acids is 1. The number of rotatable bonds is 9. The van der Waals surface area contributed by atoms with E-state index in [1.807, 2.05) is 0 Å². The van der Waals surface area contributed by atoms with E-state index in [0.29, 0.717) is 35.6 Å². The summed E-state index contributed by atoms with van der Waals surface area (Å²) in [6.45, 7) is 1.64. The number of hydrazone groups is 1. The number of carbonyl (C=O) groups is 2. The number of methoxy groups -OCH3 is 2. The van der Waals surface area contributed by atoms with Crippen molar-refractivity contribution in [1.29, 1.82) is 0 Å². The Bertz CT molecular complexity index is 1210. The Hall–Kier alpha value is -3.60. The van der Waals surface area contributed by atoms with Crippen molar-refractivity contribution in [3.63, 3.8) is 0 Å². The topological polar surface area (TPSA) is 143 Å². The Balaban J connectivity index is 1.70. The molecule has 0 aliphatic heterocycles. The van der Waals surface area contributed by atoms with Crippen LogP contribution in [0.15, 0.2) is 52.5 Å². The van der Waals surface area contributed by atoms with Gasteiger partial charge in [-0.1, -0.05) is 25.0 Å². The van der Waals surface area contributed by atoms with Gasteiger partial charge in [0.1, 0.15) is 16.4 Å². The Morgan fingerprint density at radius 3 is 2.26 bits per heavy atom. The number of hydrogen-bond donors (Lipinski definition) is 3. The number of nitrogens with one attached hydrogen (secondary N) is 2. The molecule has 0 saturated heterocycles. The first-order valence-corrected chi connectivity index (χ1v) is 12.6. The van der Waals surface area contributed by atoms with Crippen LogP contribution in [-0.2, 0) is 19.6 Å². The van der Waals surface area contributed by atoms with Crippen LogP contribution in [0.1, 0.15) is 38.2 Å². The lowest BCUT2D eigenvalue weighted by molar-refractivity contribution is -0.147. The van der Waals surface area contributed by atoms with Crippen LogP contribution in [0, 0.1) is 11.8 Å². The SMILES string of the molecule is COc1ccc(OC)c(S(=O)(=O)N/N=C(/C)c2ccc(NC(=O)[C@H]3CCCC[C@H]3C(=O)O)cc2)c1. The Labute approximate surface area is 204 Å². The summed E-state index contributed by atoms with van der Waals surface area (Å²) in [6, 6.07) is 11.1. The molecule has 0 bridgehead atoms. The number of sulfonamides is 1. The maximum Gasteiger partial charge on any atom is 0.307 e. The van der Waals surface area contributed by atoms with Crippen LogP contribution in [0.2, 0.25) is 0 Å². The molecular weight excluding hydrogens is 474 g/mol. The molecule has 1 aliphatic carbocycles. The Morgan fingerprint density at radius 1 is 1.00 bits per heavy atom. The molecule has 10 nitrogen and oxygen atoms in total. The van der Waals surface area contributed by atoms with E-state index in [0.717, 1.165) is 12.8 Å². The summed E-state index contributed by atoms with van der Waals surface area (Å²) in [5.74, 6) is -1.99. The van der Waals surface area contributed by atoms with E-state index in [2.05, 4.69) is 15.2 Å². The number of carbonyl (C=O) groups excluding carboxylic acids is 1. The van der Waals surface area contributed by atoms with E-state index in [-0.39, 0.29) is 16.6 Å². The fraction of sp³-hybridized carbons (Fsp3) is 0.375. The van der Waals surface area contributed by atoms with Gasteiger partial charge in [-0.25, -0.2) is 0 Å². The second kappa shape index (κ2) is 11.2. The monoisotopic (exact) mass is 503 g/mol. The van der Waals surface area contributed by atoms with Crippen LogP contribution in [0.25, 0.3) is 0 Å². The van der Waals surface area contributed by atoms with Crippen molar-refractivity contribution in [1.82, 2.24) is 4.83 Å². The van der Waals surface area contributed by atoms with Gasteiger partial charge < -0.3 is 19.9 Å². The molecule has 1 saturated carbocycles. The van der Waals surface area contributed by atoms with Crippen LogP contribution >= 0.6 is 0 Å². The smallest absolute Gasteiger partial charge is 0.307 e. The maximum absolute atomic E-state index is 12.8. The van der Waals surface area contributed by atoms with Gasteiger partial charge in [0.05, 0.1) is 31.8 Å². The summed E-state index contributed by atoms with van der Waals surface area (Å²) in [4.78, 5) is 26.2. The summed E-state index contributed by atoms with van der Waals surface area (Å²) in [7, 11) is -1.24. The van der Waals surface area contributed by atoms with Crippen molar-refractivity contribution in [3.05, 3.63) is 48.0 Å². The van der Waals surface area contributed by atoms with Crippen molar-refractivity contribution >= 4 is 33.3 Å². The molecule has 0 heterocycles. The van der Waals surface area contributed by atoms with Gasteiger partial charge in [-0.3, -0.25) is 9.59 Å². The minimum absolute atomic E-state index is 0.115. The van der Waals surface area contributed by atoms with E-state index in [9.17, 15) is 23.1 Å². The highest BCUT2D eigenvalue weighted by Gasteiger charge is 2.35. The predicted molar refractivity (Wildman–Crippen MR) is 130 cm³/mol. The van der Waals surface area contributed by atoms with E-state index < -0.39 is 27.8 Å². The summed E-state index contributed by atoms with van der Waals surface area (Å²) in [6.07, 6.45) is 2.68. The largest absolute Gasteiger partial charge is 0.497 e. The molecule has 11 heteroatoms. The molecular formula is C24H29N3O7S. The van der Waals surface area contributed by atoms with Crippen molar-refractivity contribution in [3.8, 4) is 11.5 Å². The molecule has 0 radical (unpaired) electrons. The van der Waals surface area contributed by atoms with Crippen molar-refractivity contribution in [2.45, 2.75) is 37.5 Å². The number of nitrogens with zero attached hydrogens (tertiary/aromatic N) is 1. The lowest BCUT2D eigenvalue weighted by Gasteiger charge is -2.27. The minimum Gasteiger partial charge on any atom is -0.497 e. The van der Waals surface area contributed by atoms with Crippen molar-refractivity contribution in [2.24, 2.45) is 16.9 Å². The maximum atomic E-state index is 12.8. The number of anilines is 1. The molecule has 3 rings (SSSR count). The molecule has 0 unspecified atom stereocenters. The zero-order chi connectivity index (χ0) is 25.6. The van der Waals surface area contributed by atoms with Crippen LogP contribution in [0.3, 0.4) is 0 Å². The number of amides is 1. The predicted octanol–water partition coefficient (Wildman–Crippen LogP) is 3.24. The van der Waals surface area contributed by atoms with Gasteiger partial charge in [0.15, 0.2) is 0 Å². The summed E-state index contributed by atoms with van der Waals surface area (Å²) in [5, 5.41) is 16.2. The van der Waals surface area contributed by atoms with E-state index in [1.165, 1.54) is 26.4 Å². The van der Waals surface area contributed by atoms with Gasteiger partial charge in [0.25, 0.3) is 10.0 Å². The van der Waals surface area contributed by atoms with Crippen molar-refractivity contribution in [2.75, 3.05) is 19.5 Å². The Morgan fingerprint density at radius 2 is 1.66 bits per heavy atom. The van der Waals surface area contributed by atoms with Gasteiger partial charge in [0, 0.05) is 11.8 Å². The molecule has 1 amide bonds. The highest BCUT2D eigenvalue weighted by atomic mass is 32.2. The van der Waals surface area contributed by atoms with Crippen LogP contribution < -0.4 is 19.6 Å². The second-order valence-electron chi connectivity index (χ2n) is 8.21. The first kappa shape index (κ1) is 26.0. The van der Waals surface area contributed by atoms with E-state index in [4.69, 9.17) is 9.47 Å². The van der Waals surface area contributed by atoms with Gasteiger partial charge in [-0.15, -0.1) is 0 Å². The molecule has 188 valence electrons. The number of ether oxygens (including phenoxy) is 2. The van der Waals surface area contributed by atoms with Crippen LogP contribution in [0.5, 0.6) is 11.5 Å². The standard InChI is InChI=1S/C24H29N3O7S/c1-15(26-27-35(31,32)22-14-18(33-2)12-13-21(22)34-3)16-8-10-17(11-9-16)25-23(28)19-6-4-5-7-20(19)24(29)30/h8-14,19-20,27H,4-7H2,1-3H3,(H,25,28)(H,29,30)/b26-15-/t19-,20+/m0/s1. The average molecular weight is 504 g/mol. The van der Waals surface area contributed by atoms with Crippen LogP contribution in [0.4, 0.5) is 5.69 Å². The zero-order valence-corrected chi connectivity index (χ0v) is 20.6. The average Bonchev–Trinajstić information content (AvgIpc) is 2.87. The molecule has 2 atom stereocenters. The summed E-state index contributed by atoms with van der Waals surface area (Å²) < 4.78 is 35.8. The third kappa shape index (κ3) is 6.30. The Kier molecular flexibility index (Phi) is 8.34. The first-order valence-electron chi connectivity index (χ1n) is 11.1. The molecule has 3 N–H and O–H groups in total. The number of carboxylic acid groups (broad SMARTS) is 1. The lowest BCUT2D eigenvalue weighted by atomic mass is 9.78. The first-order chi connectivity index (χ1) is 16.7. The molecule has 0 aromatic heterocycles. The second-order valence-corrected chi connectivity index (χ2v) is 9.84. The minimum atomic E-state index is -4.03. The highest BCUT2D eigenvalue weighted by molar-refractivity contribution is 7.89. The number of aliphatic carboxylic acids is 1. The van der Waals surface area contributed by atoms with Gasteiger partial charge in [-0.2, -0.15) is 18.4 Å². The third-order valence-electron chi connectivity index (χ3n) is 5.98. The zero-order valence-electron chi connectivity index (χ0n) is 19.8. The normalized spacial score (nSPS) is 18.4. The summed E-state index contributed by atoms with van der Waals surface area (Å²) in [5.41, 5.74) is 1.54. The van der Waals surface area contributed by atoms with Gasteiger partial charge in [-0.05, 0) is 49.6 Å². The fourth-order valence-corrected chi connectivity index (χ4v) is 5.05. The third-order valence-corrected chi connectivity index (χ3v) is 7.21. The molecule has 1 fully saturated rings. The van der Waals surface area contributed by atoms with Gasteiger partial charge in [0.2, 0.25) is 5.91 Å². The molecule has 1 aliphatic rings. The highest BCUT2D eigenvalue weighted by Crippen LogP contribution is 2.31. The van der Waals surface area contributed by atoms with Gasteiger partial charge >= 0.3 is 5.97 Å². The van der Waals surface area contributed by atoms with Crippen molar-refractivity contribution < 1.29 is 32.6 Å². The number of hydrogen-bond acceptors (Lipinski definition) is 7. The lowest BCUT2D eigenvalue weighted by Crippen LogP contribution is -2.36. The molecule has 0 spiro atoms. The quantitative estimate of drug-likeness (QED) is 0.352. The molecule has 2 aromatic carbocycles. The number of benzene rings is 2. The summed E-state index contributed by atoms with van der Waals surface area (Å²) >= 11 is 0. The van der Waals surface area contributed by atoms with E-state index in [1.54, 1.807) is 37.3 Å². The van der Waals surface area contributed by atoms with E-state index >= 15 is 0 Å². The van der Waals surface area contributed by atoms with Crippen LogP contribution in [-0.4, -0.2) is 45.3 Å². The molecule has 2 aromatic rings.